The molecule has 0 radical (unpaired) electrons. The molecule has 182 valence electrons. The lowest BCUT2D eigenvalue weighted by Gasteiger charge is -2.32. The van der Waals surface area contributed by atoms with E-state index in [4.69, 9.17) is 11.1 Å². The zero-order chi connectivity index (χ0) is 24.9. The first-order valence-electron chi connectivity index (χ1n) is 12.3. The van der Waals surface area contributed by atoms with E-state index in [-0.39, 0.29) is 24.0 Å². The van der Waals surface area contributed by atoms with Crippen LogP contribution >= 0.6 is 0 Å². The lowest BCUT2D eigenvalue weighted by Crippen LogP contribution is -2.35. The van der Waals surface area contributed by atoms with Crippen LogP contribution in [0, 0.1) is 11.2 Å². The van der Waals surface area contributed by atoms with E-state index >= 15 is 0 Å². The molecule has 1 aliphatic rings. The van der Waals surface area contributed by atoms with Gasteiger partial charge in [-0.05, 0) is 62.1 Å². The van der Waals surface area contributed by atoms with Gasteiger partial charge in [-0.3, -0.25) is 10.2 Å². The molecule has 1 fully saturated rings. The molecule has 6 heteroatoms. The fraction of sp³-hybridized carbons (Fsp3) is 0.310. The Morgan fingerprint density at radius 2 is 1.63 bits per heavy atom. The van der Waals surface area contributed by atoms with E-state index in [1.165, 1.54) is 24.6 Å². The molecule has 2 unspecified atom stereocenters. The fourth-order valence-electron chi connectivity index (χ4n) is 4.97. The molecule has 1 heterocycles. The maximum atomic E-state index is 13.9. The summed E-state index contributed by atoms with van der Waals surface area (Å²) >= 11 is 0. The van der Waals surface area contributed by atoms with E-state index < -0.39 is 0 Å². The average molecular weight is 473 g/mol. The van der Waals surface area contributed by atoms with Crippen molar-refractivity contribution in [1.82, 2.24) is 5.32 Å². The Hall–Kier alpha value is -3.67. The van der Waals surface area contributed by atoms with Crippen LogP contribution in [0.3, 0.4) is 0 Å². The molecular formula is C29H33FN4O. The monoisotopic (exact) mass is 472 g/mol. The van der Waals surface area contributed by atoms with E-state index in [1.54, 1.807) is 36.4 Å². The number of benzene rings is 3. The van der Waals surface area contributed by atoms with Gasteiger partial charge < -0.3 is 16.0 Å². The SMILES string of the molecule is CCC1CCC(CC)N1c1ccc(C(=N)c2cc(C(=O)NCc3ccccc3F)ccc2N)cc1. The van der Waals surface area contributed by atoms with Gasteiger partial charge in [-0.25, -0.2) is 4.39 Å². The summed E-state index contributed by atoms with van der Waals surface area (Å²) in [5, 5.41) is 11.5. The van der Waals surface area contributed by atoms with Crippen molar-refractivity contribution in [3.05, 3.63) is 94.8 Å². The first kappa shape index (κ1) is 24.5. The number of halogens is 1. The van der Waals surface area contributed by atoms with Crippen LogP contribution in [0.4, 0.5) is 15.8 Å². The fourth-order valence-corrected chi connectivity index (χ4v) is 4.97. The Bertz CT molecular complexity index is 1200. The molecular weight excluding hydrogens is 439 g/mol. The summed E-state index contributed by atoms with van der Waals surface area (Å²) in [4.78, 5) is 15.2. The van der Waals surface area contributed by atoms with Crippen molar-refractivity contribution in [3.8, 4) is 0 Å². The topological polar surface area (TPSA) is 82.2 Å². The highest BCUT2D eigenvalue weighted by atomic mass is 19.1. The molecule has 1 aliphatic heterocycles. The van der Waals surface area contributed by atoms with Crippen LogP contribution in [-0.2, 0) is 6.54 Å². The summed E-state index contributed by atoms with van der Waals surface area (Å²) < 4.78 is 13.9. The second-order valence-corrected chi connectivity index (χ2v) is 9.11. The molecule has 0 aliphatic carbocycles. The maximum Gasteiger partial charge on any atom is 0.251 e. The van der Waals surface area contributed by atoms with Crippen LogP contribution < -0.4 is 16.0 Å². The van der Waals surface area contributed by atoms with E-state index in [9.17, 15) is 9.18 Å². The van der Waals surface area contributed by atoms with Gasteiger partial charge in [0.1, 0.15) is 5.82 Å². The van der Waals surface area contributed by atoms with Crippen LogP contribution in [0.2, 0.25) is 0 Å². The zero-order valence-corrected chi connectivity index (χ0v) is 20.4. The summed E-state index contributed by atoms with van der Waals surface area (Å²) in [6.07, 6.45) is 4.68. The summed E-state index contributed by atoms with van der Waals surface area (Å²) in [7, 11) is 0. The smallest absolute Gasteiger partial charge is 0.251 e. The summed E-state index contributed by atoms with van der Waals surface area (Å²) in [6.45, 7) is 4.56. The number of nitrogens with two attached hydrogens (primary N) is 1. The lowest BCUT2D eigenvalue weighted by molar-refractivity contribution is 0.0950. The molecule has 35 heavy (non-hydrogen) atoms. The Balaban J connectivity index is 1.51. The van der Waals surface area contributed by atoms with Gasteiger partial charge in [-0.2, -0.15) is 0 Å². The average Bonchev–Trinajstić information content (AvgIpc) is 3.31. The summed E-state index contributed by atoms with van der Waals surface area (Å²) in [5.41, 5.74) is 10.1. The normalized spacial score (nSPS) is 17.4. The predicted molar refractivity (Wildman–Crippen MR) is 141 cm³/mol. The van der Waals surface area contributed by atoms with Gasteiger partial charge in [0.15, 0.2) is 0 Å². The van der Waals surface area contributed by atoms with Crippen molar-refractivity contribution in [2.75, 3.05) is 10.6 Å². The van der Waals surface area contributed by atoms with E-state index in [0.29, 0.717) is 34.5 Å². The number of nitrogens with zero attached hydrogens (tertiary/aromatic N) is 1. The highest BCUT2D eigenvalue weighted by molar-refractivity contribution is 6.15. The number of carbonyl (C=O) groups excluding carboxylic acids is 1. The van der Waals surface area contributed by atoms with E-state index in [1.807, 2.05) is 12.1 Å². The minimum absolute atomic E-state index is 0.0815. The van der Waals surface area contributed by atoms with E-state index in [2.05, 4.69) is 36.2 Å². The highest BCUT2D eigenvalue weighted by Gasteiger charge is 2.31. The Morgan fingerprint density at radius 3 is 2.26 bits per heavy atom. The molecule has 0 bridgehead atoms. The van der Waals surface area contributed by atoms with Crippen molar-refractivity contribution in [2.45, 2.75) is 58.2 Å². The van der Waals surface area contributed by atoms with Crippen molar-refractivity contribution in [1.29, 1.82) is 5.41 Å². The number of hydrogen-bond donors (Lipinski definition) is 3. The van der Waals surface area contributed by atoms with Crippen LogP contribution in [0.5, 0.6) is 0 Å². The number of hydrogen-bond acceptors (Lipinski definition) is 4. The number of nitrogens with one attached hydrogen (secondary N) is 2. The molecule has 0 spiro atoms. The first-order chi connectivity index (χ1) is 16.9. The third kappa shape index (κ3) is 5.21. The Kier molecular flexibility index (Phi) is 7.49. The second kappa shape index (κ2) is 10.7. The predicted octanol–water partition coefficient (Wildman–Crippen LogP) is 5.91. The van der Waals surface area contributed by atoms with Crippen LogP contribution in [0.25, 0.3) is 0 Å². The molecule has 0 aromatic heterocycles. The zero-order valence-electron chi connectivity index (χ0n) is 20.4. The van der Waals surface area contributed by atoms with Gasteiger partial charge in [-0.15, -0.1) is 0 Å². The minimum Gasteiger partial charge on any atom is -0.398 e. The second-order valence-electron chi connectivity index (χ2n) is 9.11. The largest absolute Gasteiger partial charge is 0.398 e. The minimum atomic E-state index is -0.361. The molecule has 5 nitrogen and oxygen atoms in total. The van der Waals surface area contributed by atoms with Gasteiger partial charge in [0, 0.05) is 52.3 Å². The number of rotatable bonds is 8. The molecule has 4 rings (SSSR count). The molecule has 3 aromatic carbocycles. The van der Waals surface area contributed by atoms with Gasteiger partial charge in [-0.1, -0.05) is 44.2 Å². The van der Waals surface area contributed by atoms with Gasteiger partial charge in [0.05, 0.1) is 5.71 Å². The van der Waals surface area contributed by atoms with Crippen molar-refractivity contribution >= 4 is 23.0 Å². The molecule has 0 saturated carbocycles. The first-order valence-corrected chi connectivity index (χ1v) is 12.3. The number of nitrogen functional groups attached to an aromatic ring is 1. The van der Waals surface area contributed by atoms with Crippen LogP contribution in [0.15, 0.2) is 66.7 Å². The number of amides is 1. The quantitative estimate of drug-likeness (QED) is 0.281. The van der Waals surface area contributed by atoms with Crippen molar-refractivity contribution in [3.63, 3.8) is 0 Å². The Labute approximate surface area is 206 Å². The summed E-state index contributed by atoms with van der Waals surface area (Å²) in [5.74, 6) is -0.705. The standard InChI is InChI=1S/C29H33FN4O/c1-3-22-14-15-23(4-2)34(22)24-12-9-19(10-13-24)28(32)25-17-20(11-16-27(25)31)29(35)33-18-21-7-5-6-8-26(21)30/h5-13,16-17,22-23,32H,3-4,14-15,18,31H2,1-2H3,(H,33,35). The van der Waals surface area contributed by atoms with Gasteiger partial charge in [0.2, 0.25) is 0 Å². The molecule has 1 amide bonds. The van der Waals surface area contributed by atoms with Gasteiger partial charge in [0.25, 0.3) is 5.91 Å². The van der Waals surface area contributed by atoms with E-state index in [0.717, 1.165) is 18.4 Å². The third-order valence-corrected chi connectivity index (χ3v) is 7.00. The van der Waals surface area contributed by atoms with Crippen LogP contribution in [-0.4, -0.2) is 23.7 Å². The molecule has 1 saturated heterocycles. The molecule has 2 atom stereocenters. The molecule has 3 aromatic rings. The lowest BCUT2D eigenvalue weighted by atomic mass is 9.98. The number of carbonyl (C=O) groups is 1. The van der Waals surface area contributed by atoms with Crippen molar-refractivity contribution in [2.24, 2.45) is 0 Å². The third-order valence-electron chi connectivity index (χ3n) is 7.00. The molecule has 4 N–H and O–H groups in total. The van der Waals surface area contributed by atoms with Crippen LogP contribution in [0.1, 0.15) is 66.6 Å². The van der Waals surface area contributed by atoms with Gasteiger partial charge >= 0.3 is 0 Å². The number of anilines is 2. The Morgan fingerprint density at radius 1 is 1.00 bits per heavy atom. The van der Waals surface area contributed by atoms with Crippen molar-refractivity contribution < 1.29 is 9.18 Å². The maximum absolute atomic E-state index is 13.9. The highest BCUT2D eigenvalue weighted by Crippen LogP contribution is 2.34. The summed E-state index contributed by atoms with van der Waals surface area (Å²) in [6, 6.07) is 20.4.